The van der Waals surface area contributed by atoms with Gasteiger partial charge in [0.25, 0.3) is 0 Å². The average Bonchev–Trinajstić information content (AvgIpc) is 2.43. The van der Waals surface area contributed by atoms with E-state index in [0.717, 1.165) is 32.6 Å². The van der Waals surface area contributed by atoms with Gasteiger partial charge in [0, 0.05) is 17.1 Å². The van der Waals surface area contributed by atoms with Gasteiger partial charge >= 0.3 is 0 Å². The molecule has 0 bridgehead atoms. The van der Waals surface area contributed by atoms with Gasteiger partial charge in [0.2, 0.25) is 0 Å². The van der Waals surface area contributed by atoms with Crippen molar-refractivity contribution in [1.82, 2.24) is 0 Å². The maximum absolute atomic E-state index is 9.78. The first-order valence-corrected chi connectivity index (χ1v) is 7.17. The molecular formula is C16H18BrNO2. The lowest BCUT2D eigenvalue weighted by Gasteiger charge is -2.12. The third kappa shape index (κ3) is 3.25. The Morgan fingerprint density at radius 3 is 2.40 bits per heavy atom. The first-order chi connectivity index (χ1) is 9.51. The summed E-state index contributed by atoms with van der Waals surface area (Å²) >= 11 is 3.52. The van der Waals surface area contributed by atoms with E-state index in [-0.39, 0.29) is 0 Å². The van der Waals surface area contributed by atoms with Crippen LogP contribution < -0.4 is 10.1 Å². The zero-order chi connectivity index (χ0) is 14.7. The molecule has 0 saturated carbocycles. The highest BCUT2D eigenvalue weighted by atomic mass is 79.9. The molecule has 0 heterocycles. The summed E-state index contributed by atoms with van der Waals surface area (Å²) < 4.78 is 6.21. The number of aromatic hydroxyl groups is 1. The minimum atomic E-state index is 0.372. The number of halogens is 1. The minimum absolute atomic E-state index is 0.372. The Hall–Kier alpha value is -1.68. The predicted octanol–water partition coefficient (Wildman–Crippen LogP) is 4.39. The standard InChI is InChI=1S/C16H18BrNO2/c1-10-6-12(7-11(2)16(10)19)9-18-15-8-13(20-3)4-5-14(15)17/h4-8,18-19H,9H2,1-3H3. The van der Waals surface area contributed by atoms with E-state index >= 15 is 0 Å². The summed E-state index contributed by atoms with van der Waals surface area (Å²) in [5, 5.41) is 13.2. The van der Waals surface area contributed by atoms with E-state index in [1.165, 1.54) is 0 Å². The predicted molar refractivity (Wildman–Crippen MR) is 85.6 cm³/mol. The number of phenols is 1. The summed E-state index contributed by atoms with van der Waals surface area (Å²) in [5.74, 6) is 1.19. The highest BCUT2D eigenvalue weighted by Gasteiger charge is 2.05. The van der Waals surface area contributed by atoms with Crippen LogP contribution in [0.1, 0.15) is 16.7 Å². The smallest absolute Gasteiger partial charge is 0.121 e. The van der Waals surface area contributed by atoms with Gasteiger partial charge in [0.1, 0.15) is 11.5 Å². The molecule has 2 aromatic rings. The topological polar surface area (TPSA) is 41.5 Å². The van der Waals surface area contributed by atoms with Crippen molar-refractivity contribution in [2.24, 2.45) is 0 Å². The molecule has 20 heavy (non-hydrogen) atoms. The van der Waals surface area contributed by atoms with Crippen molar-refractivity contribution in [3.05, 3.63) is 51.5 Å². The van der Waals surface area contributed by atoms with Gasteiger partial charge in [-0.1, -0.05) is 12.1 Å². The zero-order valence-corrected chi connectivity index (χ0v) is 13.4. The molecule has 0 radical (unpaired) electrons. The lowest BCUT2D eigenvalue weighted by molar-refractivity contribution is 0.415. The van der Waals surface area contributed by atoms with Crippen LogP contribution in [0.5, 0.6) is 11.5 Å². The van der Waals surface area contributed by atoms with Gasteiger partial charge in [-0.15, -0.1) is 0 Å². The molecule has 4 heteroatoms. The van der Waals surface area contributed by atoms with Gasteiger partial charge in [0.15, 0.2) is 0 Å². The zero-order valence-electron chi connectivity index (χ0n) is 11.8. The molecule has 2 aromatic carbocycles. The number of benzene rings is 2. The highest BCUT2D eigenvalue weighted by molar-refractivity contribution is 9.10. The van der Waals surface area contributed by atoms with E-state index in [1.807, 2.05) is 44.2 Å². The number of rotatable bonds is 4. The number of nitrogens with one attached hydrogen (secondary N) is 1. The Morgan fingerprint density at radius 2 is 1.80 bits per heavy atom. The Labute approximate surface area is 127 Å². The monoisotopic (exact) mass is 335 g/mol. The number of aryl methyl sites for hydroxylation is 2. The second-order valence-electron chi connectivity index (χ2n) is 4.78. The van der Waals surface area contributed by atoms with E-state index in [0.29, 0.717) is 12.3 Å². The van der Waals surface area contributed by atoms with Crippen LogP contribution in [-0.2, 0) is 6.54 Å². The molecule has 3 nitrogen and oxygen atoms in total. The summed E-state index contributed by atoms with van der Waals surface area (Å²) in [7, 11) is 1.65. The third-order valence-corrected chi connectivity index (χ3v) is 3.90. The summed E-state index contributed by atoms with van der Waals surface area (Å²) in [6.07, 6.45) is 0. The maximum atomic E-state index is 9.78. The van der Waals surface area contributed by atoms with Crippen LogP contribution in [0.15, 0.2) is 34.8 Å². The number of ether oxygens (including phenoxy) is 1. The number of methoxy groups -OCH3 is 1. The number of hydrogen-bond donors (Lipinski definition) is 2. The van der Waals surface area contributed by atoms with E-state index in [9.17, 15) is 5.11 Å². The van der Waals surface area contributed by atoms with Crippen LogP contribution >= 0.6 is 15.9 Å². The Bertz CT molecular complexity index is 603. The Balaban J connectivity index is 2.16. The number of hydrogen-bond acceptors (Lipinski definition) is 3. The van der Waals surface area contributed by atoms with Gasteiger partial charge in [-0.2, -0.15) is 0 Å². The molecule has 0 aliphatic rings. The number of phenolic OH excluding ortho intramolecular Hbond substituents is 1. The van der Waals surface area contributed by atoms with Crippen molar-refractivity contribution in [3.63, 3.8) is 0 Å². The van der Waals surface area contributed by atoms with Crippen molar-refractivity contribution in [3.8, 4) is 11.5 Å². The molecule has 0 aromatic heterocycles. The molecule has 2 rings (SSSR count). The van der Waals surface area contributed by atoms with Gasteiger partial charge in [-0.25, -0.2) is 0 Å². The lowest BCUT2D eigenvalue weighted by atomic mass is 10.1. The fourth-order valence-electron chi connectivity index (χ4n) is 2.11. The second kappa shape index (κ2) is 6.18. The minimum Gasteiger partial charge on any atom is -0.507 e. The Kier molecular flexibility index (Phi) is 4.55. The molecule has 0 amide bonds. The van der Waals surface area contributed by atoms with Crippen LogP contribution in [0.2, 0.25) is 0 Å². The SMILES string of the molecule is COc1ccc(Br)c(NCc2cc(C)c(O)c(C)c2)c1. The maximum Gasteiger partial charge on any atom is 0.121 e. The summed E-state index contributed by atoms with van der Waals surface area (Å²) in [6, 6.07) is 9.79. The van der Waals surface area contributed by atoms with Crippen molar-refractivity contribution < 1.29 is 9.84 Å². The summed E-state index contributed by atoms with van der Waals surface area (Å²) in [6.45, 7) is 4.51. The van der Waals surface area contributed by atoms with E-state index in [2.05, 4.69) is 21.2 Å². The van der Waals surface area contributed by atoms with E-state index in [4.69, 9.17) is 4.74 Å². The van der Waals surface area contributed by atoms with Gasteiger partial charge in [-0.05, 0) is 58.6 Å². The fourth-order valence-corrected chi connectivity index (χ4v) is 2.50. The largest absolute Gasteiger partial charge is 0.507 e. The molecule has 0 fully saturated rings. The third-order valence-electron chi connectivity index (χ3n) is 3.21. The van der Waals surface area contributed by atoms with Gasteiger partial charge in [-0.3, -0.25) is 0 Å². The first-order valence-electron chi connectivity index (χ1n) is 6.37. The summed E-state index contributed by atoms with van der Waals surface area (Å²) in [5.41, 5.74) is 3.90. The van der Waals surface area contributed by atoms with Crippen molar-refractivity contribution in [1.29, 1.82) is 0 Å². The van der Waals surface area contributed by atoms with Crippen LogP contribution in [0, 0.1) is 13.8 Å². The summed E-state index contributed by atoms with van der Waals surface area (Å²) in [4.78, 5) is 0. The van der Waals surface area contributed by atoms with Crippen molar-refractivity contribution in [2.45, 2.75) is 20.4 Å². The van der Waals surface area contributed by atoms with Crippen molar-refractivity contribution >= 4 is 21.6 Å². The fraction of sp³-hybridized carbons (Fsp3) is 0.250. The van der Waals surface area contributed by atoms with Crippen LogP contribution in [0.25, 0.3) is 0 Å². The molecule has 2 N–H and O–H groups in total. The van der Waals surface area contributed by atoms with E-state index in [1.54, 1.807) is 7.11 Å². The molecule has 0 aliphatic heterocycles. The van der Waals surface area contributed by atoms with Crippen LogP contribution in [-0.4, -0.2) is 12.2 Å². The first kappa shape index (κ1) is 14.7. The van der Waals surface area contributed by atoms with Crippen molar-refractivity contribution in [2.75, 3.05) is 12.4 Å². The molecule has 106 valence electrons. The highest BCUT2D eigenvalue weighted by Crippen LogP contribution is 2.28. The molecule has 0 atom stereocenters. The molecule has 0 unspecified atom stereocenters. The quantitative estimate of drug-likeness (QED) is 0.870. The molecule has 0 aliphatic carbocycles. The Morgan fingerprint density at radius 1 is 1.15 bits per heavy atom. The van der Waals surface area contributed by atoms with Crippen LogP contribution in [0.4, 0.5) is 5.69 Å². The lowest BCUT2D eigenvalue weighted by Crippen LogP contribution is -2.01. The normalized spacial score (nSPS) is 10.4. The number of anilines is 1. The average molecular weight is 336 g/mol. The van der Waals surface area contributed by atoms with Gasteiger partial charge in [0.05, 0.1) is 12.8 Å². The molecule has 0 saturated heterocycles. The molecular weight excluding hydrogens is 318 g/mol. The van der Waals surface area contributed by atoms with E-state index < -0.39 is 0 Å². The molecule has 0 spiro atoms. The second-order valence-corrected chi connectivity index (χ2v) is 5.63. The van der Waals surface area contributed by atoms with Crippen LogP contribution in [0.3, 0.4) is 0 Å². The van der Waals surface area contributed by atoms with Gasteiger partial charge < -0.3 is 15.2 Å².